The van der Waals surface area contributed by atoms with Gasteiger partial charge in [0.25, 0.3) is 0 Å². The highest BCUT2D eigenvalue weighted by Crippen LogP contribution is 2.29. The third-order valence-corrected chi connectivity index (χ3v) is 5.06. The molecule has 0 atom stereocenters. The lowest BCUT2D eigenvalue weighted by molar-refractivity contribution is 0.245. The Bertz CT molecular complexity index is 535. The Morgan fingerprint density at radius 1 is 1.61 bits per heavy atom. The molecule has 18 heavy (non-hydrogen) atoms. The summed E-state index contributed by atoms with van der Waals surface area (Å²) in [5, 5.41) is 8.95. The largest absolute Gasteiger partial charge is 0.450 e. The van der Waals surface area contributed by atoms with Gasteiger partial charge in [0.05, 0.1) is 0 Å². The molecule has 102 valence electrons. The van der Waals surface area contributed by atoms with Crippen molar-refractivity contribution >= 4 is 26.0 Å². The van der Waals surface area contributed by atoms with Gasteiger partial charge in [-0.1, -0.05) is 19.1 Å². The summed E-state index contributed by atoms with van der Waals surface area (Å²) in [4.78, 5) is 0.0228. The quantitative estimate of drug-likeness (QED) is 0.807. The van der Waals surface area contributed by atoms with Gasteiger partial charge >= 0.3 is 0 Å². The molecule has 0 spiro atoms. The van der Waals surface area contributed by atoms with E-state index in [2.05, 4.69) is 22.5 Å². The predicted octanol–water partition coefficient (Wildman–Crippen LogP) is 2.12. The molecule has 1 N–H and O–H groups in total. The van der Waals surface area contributed by atoms with E-state index in [1.165, 1.54) is 10.4 Å². The van der Waals surface area contributed by atoms with E-state index in [0.29, 0.717) is 6.54 Å². The minimum Gasteiger partial charge on any atom is -0.450 e. The average molecular weight is 338 g/mol. The highest BCUT2D eigenvalue weighted by molar-refractivity contribution is 9.10. The maximum atomic E-state index is 12.4. The third-order valence-electron chi connectivity index (χ3n) is 2.28. The Labute approximate surface area is 115 Å². The standard InChI is InChI=1S/C11H16BrNO4S/c1-4-13(6-8(2)3)18(15,16)10-5-9(7-14)17-11(10)12/h5,14H,2,4,6-7H2,1,3H3. The maximum Gasteiger partial charge on any atom is 0.247 e. The van der Waals surface area contributed by atoms with Crippen LogP contribution in [0.25, 0.3) is 0 Å². The number of hydrogen-bond donors (Lipinski definition) is 1. The normalized spacial score (nSPS) is 12.1. The summed E-state index contributed by atoms with van der Waals surface area (Å²) in [7, 11) is -3.65. The van der Waals surface area contributed by atoms with Crippen LogP contribution >= 0.6 is 15.9 Å². The predicted molar refractivity (Wildman–Crippen MR) is 71.6 cm³/mol. The van der Waals surface area contributed by atoms with Crippen molar-refractivity contribution in [3.8, 4) is 0 Å². The van der Waals surface area contributed by atoms with Crippen LogP contribution in [0.2, 0.25) is 0 Å². The summed E-state index contributed by atoms with van der Waals surface area (Å²) < 4.78 is 31.2. The fourth-order valence-electron chi connectivity index (χ4n) is 1.46. The Morgan fingerprint density at radius 3 is 2.61 bits per heavy atom. The van der Waals surface area contributed by atoms with Gasteiger partial charge in [-0.15, -0.1) is 0 Å². The molecule has 0 bridgehead atoms. The van der Waals surface area contributed by atoms with Gasteiger partial charge in [0, 0.05) is 19.2 Å². The molecule has 0 amide bonds. The molecule has 0 aliphatic carbocycles. The second-order valence-electron chi connectivity index (χ2n) is 3.90. The van der Waals surface area contributed by atoms with Crippen LogP contribution in [0, 0.1) is 0 Å². The van der Waals surface area contributed by atoms with Gasteiger partial charge < -0.3 is 9.52 Å². The first-order valence-corrected chi connectivity index (χ1v) is 7.59. The zero-order valence-electron chi connectivity index (χ0n) is 10.3. The number of hydrogen-bond acceptors (Lipinski definition) is 4. The Balaban J connectivity index is 3.18. The van der Waals surface area contributed by atoms with Crippen molar-refractivity contribution in [3.05, 3.63) is 28.6 Å². The van der Waals surface area contributed by atoms with E-state index in [9.17, 15) is 8.42 Å². The number of aliphatic hydroxyl groups excluding tert-OH is 1. The van der Waals surface area contributed by atoms with E-state index >= 15 is 0 Å². The van der Waals surface area contributed by atoms with E-state index in [4.69, 9.17) is 9.52 Å². The minimum absolute atomic E-state index is 0.0228. The smallest absolute Gasteiger partial charge is 0.247 e. The van der Waals surface area contributed by atoms with Crippen LogP contribution < -0.4 is 0 Å². The molecule has 7 heteroatoms. The Kier molecular flexibility index (Phi) is 5.15. The maximum absolute atomic E-state index is 12.4. The second kappa shape index (κ2) is 6.01. The molecule has 1 rings (SSSR count). The van der Waals surface area contributed by atoms with Crippen molar-refractivity contribution < 1.29 is 17.9 Å². The fraction of sp³-hybridized carbons (Fsp3) is 0.455. The molecule has 0 saturated heterocycles. The third kappa shape index (κ3) is 3.23. The summed E-state index contributed by atoms with van der Waals surface area (Å²) >= 11 is 3.05. The molecule has 0 aliphatic rings. The molecule has 0 fully saturated rings. The topological polar surface area (TPSA) is 70.8 Å². The molecule has 0 unspecified atom stereocenters. The van der Waals surface area contributed by atoms with E-state index in [1.54, 1.807) is 13.8 Å². The Morgan fingerprint density at radius 2 is 2.22 bits per heavy atom. The fourth-order valence-corrected chi connectivity index (χ4v) is 3.93. The number of nitrogens with zero attached hydrogens (tertiary/aromatic N) is 1. The van der Waals surface area contributed by atoms with E-state index in [1.807, 2.05) is 0 Å². The molecule has 1 aromatic heterocycles. The highest BCUT2D eigenvalue weighted by atomic mass is 79.9. The number of sulfonamides is 1. The van der Waals surface area contributed by atoms with E-state index < -0.39 is 10.0 Å². The first-order valence-electron chi connectivity index (χ1n) is 5.36. The van der Waals surface area contributed by atoms with Gasteiger partial charge in [0.2, 0.25) is 10.0 Å². The number of halogens is 1. The van der Waals surface area contributed by atoms with Gasteiger partial charge in [-0.2, -0.15) is 4.31 Å². The summed E-state index contributed by atoms with van der Waals surface area (Å²) in [6, 6.07) is 1.32. The molecule has 5 nitrogen and oxygen atoms in total. The summed E-state index contributed by atoms with van der Waals surface area (Å²) in [6.07, 6.45) is 0. The number of likely N-dealkylation sites (N-methyl/N-ethyl adjacent to an activating group) is 1. The van der Waals surface area contributed by atoms with Crippen LogP contribution in [0.3, 0.4) is 0 Å². The first kappa shape index (κ1) is 15.4. The van der Waals surface area contributed by atoms with Crippen LogP contribution in [0.5, 0.6) is 0 Å². The van der Waals surface area contributed by atoms with Gasteiger partial charge in [-0.3, -0.25) is 0 Å². The lowest BCUT2D eigenvalue weighted by Crippen LogP contribution is -2.32. The lowest BCUT2D eigenvalue weighted by Gasteiger charge is -2.19. The monoisotopic (exact) mass is 337 g/mol. The molecule has 1 aromatic rings. The second-order valence-corrected chi connectivity index (χ2v) is 6.52. The molecule has 0 aliphatic heterocycles. The SMILES string of the molecule is C=C(C)CN(CC)S(=O)(=O)c1cc(CO)oc1Br. The van der Waals surface area contributed by atoms with Gasteiger partial charge in [-0.25, -0.2) is 8.42 Å². The van der Waals surface area contributed by atoms with Crippen LogP contribution in [0.1, 0.15) is 19.6 Å². The molecular formula is C11H16BrNO4S. The van der Waals surface area contributed by atoms with Crippen molar-refractivity contribution in [2.45, 2.75) is 25.3 Å². The molecule has 0 radical (unpaired) electrons. The number of aliphatic hydroxyl groups is 1. The minimum atomic E-state index is -3.65. The molecule has 0 saturated carbocycles. The summed E-state index contributed by atoms with van der Waals surface area (Å²) in [5.41, 5.74) is 0.752. The number of rotatable bonds is 6. The molecular weight excluding hydrogens is 322 g/mol. The van der Waals surface area contributed by atoms with Crippen molar-refractivity contribution in [1.29, 1.82) is 0 Å². The van der Waals surface area contributed by atoms with Gasteiger partial charge in [0.1, 0.15) is 17.3 Å². The zero-order valence-corrected chi connectivity index (χ0v) is 12.7. The summed E-state index contributed by atoms with van der Waals surface area (Å²) in [5.74, 6) is 0.201. The van der Waals surface area contributed by atoms with Crippen LogP contribution in [0.4, 0.5) is 0 Å². The number of furan rings is 1. The first-order chi connectivity index (χ1) is 8.32. The van der Waals surface area contributed by atoms with Crippen LogP contribution in [0.15, 0.2) is 32.2 Å². The van der Waals surface area contributed by atoms with Crippen molar-refractivity contribution in [3.63, 3.8) is 0 Å². The van der Waals surface area contributed by atoms with E-state index in [0.717, 1.165) is 5.57 Å². The van der Waals surface area contributed by atoms with Crippen molar-refractivity contribution in [1.82, 2.24) is 4.31 Å². The average Bonchev–Trinajstić information content (AvgIpc) is 2.67. The van der Waals surface area contributed by atoms with Gasteiger partial charge in [0.15, 0.2) is 4.67 Å². The summed E-state index contributed by atoms with van der Waals surface area (Å²) in [6.45, 7) is 7.47. The Hall–Kier alpha value is -0.630. The van der Waals surface area contributed by atoms with Crippen molar-refractivity contribution in [2.24, 2.45) is 0 Å². The van der Waals surface area contributed by atoms with Crippen LogP contribution in [-0.4, -0.2) is 30.9 Å². The molecule has 0 aromatic carbocycles. The molecule has 1 heterocycles. The highest BCUT2D eigenvalue weighted by Gasteiger charge is 2.28. The van der Waals surface area contributed by atoms with E-state index in [-0.39, 0.29) is 28.5 Å². The lowest BCUT2D eigenvalue weighted by atomic mass is 10.3. The van der Waals surface area contributed by atoms with Crippen molar-refractivity contribution in [2.75, 3.05) is 13.1 Å². The zero-order chi connectivity index (χ0) is 13.9. The van der Waals surface area contributed by atoms with Crippen LogP contribution in [-0.2, 0) is 16.6 Å². The van der Waals surface area contributed by atoms with Gasteiger partial charge in [-0.05, 0) is 22.9 Å².